The third-order valence-corrected chi connectivity index (χ3v) is 6.22. The number of carbonyl (C=O) groups is 1. The van der Waals surface area contributed by atoms with Gasteiger partial charge in [-0.15, -0.1) is 0 Å². The fourth-order valence-corrected chi connectivity index (χ4v) is 4.54. The van der Waals surface area contributed by atoms with Crippen LogP contribution < -0.4 is 11.1 Å². The summed E-state index contributed by atoms with van der Waals surface area (Å²) in [5.41, 5.74) is 11.1. The quantitative estimate of drug-likeness (QED) is 0.372. The van der Waals surface area contributed by atoms with Crippen molar-refractivity contribution < 1.29 is 14.3 Å². The van der Waals surface area contributed by atoms with Crippen LogP contribution in [-0.2, 0) is 9.47 Å². The topological polar surface area (TPSA) is 104 Å². The number of aromatic nitrogens is 3. The Bertz CT molecular complexity index is 1380. The summed E-state index contributed by atoms with van der Waals surface area (Å²) in [5.74, 6) is 1.59. The van der Waals surface area contributed by atoms with Crippen molar-refractivity contribution in [2.75, 3.05) is 24.3 Å². The third-order valence-electron chi connectivity index (χ3n) is 6.22. The van der Waals surface area contributed by atoms with Gasteiger partial charge >= 0.3 is 6.09 Å². The fourth-order valence-electron chi connectivity index (χ4n) is 4.54. The highest BCUT2D eigenvalue weighted by atomic mass is 16.6. The lowest BCUT2D eigenvalue weighted by Gasteiger charge is -2.22. The molecule has 2 aromatic carbocycles. The Morgan fingerprint density at radius 2 is 1.86 bits per heavy atom. The van der Waals surface area contributed by atoms with Gasteiger partial charge < -0.3 is 15.2 Å². The zero-order valence-corrected chi connectivity index (χ0v) is 20.8. The van der Waals surface area contributed by atoms with Gasteiger partial charge in [-0.05, 0) is 93.6 Å². The molecule has 1 amide bonds. The number of hydrogen-bond acceptors (Lipinski definition) is 6. The molecule has 0 saturated carbocycles. The number of ether oxygens (including phenoxy) is 2. The molecular weight excluding hydrogens is 454 g/mol. The summed E-state index contributed by atoms with van der Waals surface area (Å²) in [4.78, 5) is 21.4. The average Bonchev–Trinajstić information content (AvgIpc) is 3.22. The molecule has 0 aliphatic carbocycles. The smallest absolute Gasteiger partial charge is 0.412 e. The van der Waals surface area contributed by atoms with E-state index in [0.29, 0.717) is 23.2 Å². The van der Waals surface area contributed by atoms with Crippen LogP contribution in [0, 0.1) is 0 Å². The minimum Gasteiger partial charge on any atom is -0.444 e. The van der Waals surface area contributed by atoms with E-state index in [-0.39, 0.29) is 0 Å². The first-order valence-corrected chi connectivity index (χ1v) is 12.2. The van der Waals surface area contributed by atoms with Crippen LogP contribution in [0.4, 0.5) is 16.3 Å². The third kappa shape index (κ3) is 5.04. The number of nitrogens with one attached hydrogen (secondary N) is 1. The normalized spacial score (nSPS) is 14.6. The van der Waals surface area contributed by atoms with E-state index in [9.17, 15) is 4.79 Å². The van der Waals surface area contributed by atoms with Crippen LogP contribution in [0.2, 0.25) is 0 Å². The number of amides is 1. The number of nitrogen functional groups attached to an aromatic ring is 1. The fraction of sp³-hybridized carbons (Fsp3) is 0.321. The van der Waals surface area contributed by atoms with Crippen LogP contribution in [0.3, 0.4) is 0 Å². The molecule has 4 aromatic rings. The Kier molecular flexibility index (Phi) is 6.36. The minimum atomic E-state index is -0.569. The molecule has 0 unspecified atom stereocenters. The van der Waals surface area contributed by atoms with Crippen molar-refractivity contribution in [3.63, 3.8) is 0 Å². The van der Waals surface area contributed by atoms with E-state index >= 15 is 0 Å². The molecule has 3 heterocycles. The van der Waals surface area contributed by atoms with Gasteiger partial charge in [0.2, 0.25) is 0 Å². The van der Waals surface area contributed by atoms with Gasteiger partial charge in [-0.1, -0.05) is 6.07 Å². The van der Waals surface area contributed by atoms with E-state index in [1.165, 1.54) is 5.56 Å². The highest BCUT2D eigenvalue weighted by molar-refractivity contribution is 5.87. The van der Waals surface area contributed by atoms with E-state index in [0.717, 1.165) is 48.3 Å². The van der Waals surface area contributed by atoms with E-state index in [1.54, 1.807) is 6.20 Å². The maximum absolute atomic E-state index is 12.2. The summed E-state index contributed by atoms with van der Waals surface area (Å²) in [6.07, 6.45) is 3.19. The number of hydrogen-bond donors (Lipinski definition) is 2. The van der Waals surface area contributed by atoms with Crippen molar-refractivity contribution in [1.82, 2.24) is 14.5 Å². The molecule has 1 fully saturated rings. The predicted octanol–water partition coefficient (Wildman–Crippen LogP) is 5.91. The van der Waals surface area contributed by atoms with E-state index in [1.807, 2.05) is 57.2 Å². The SMILES string of the molecule is CC(C)(C)OC(=O)Nc1ccc(-n2c(-c3cccnc3N)nc3ccc(C4CCOCC4)cc32)cc1. The summed E-state index contributed by atoms with van der Waals surface area (Å²) in [7, 11) is 0. The van der Waals surface area contributed by atoms with Gasteiger partial charge in [-0.3, -0.25) is 9.88 Å². The van der Waals surface area contributed by atoms with Crippen LogP contribution in [0.1, 0.15) is 45.1 Å². The molecule has 8 nitrogen and oxygen atoms in total. The first-order valence-electron chi connectivity index (χ1n) is 12.2. The summed E-state index contributed by atoms with van der Waals surface area (Å²) in [6.45, 7) is 7.07. The van der Waals surface area contributed by atoms with Crippen molar-refractivity contribution in [3.05, 3.63) is 66.4 Å². The molecule has 8 heteroatoms. The van der Waals surface area contributed by atoms with Gasteiger partial charge in [0.15, 0.2) is 0 Å². The maximum Gasteiger partial charge on any atom is 0.412 e. The Morgan fingerprint density at radius 3 is 2.56 bits per heavy atom. The molecule has 1 aliphatic rings. The molecule has 0 spiro atoms. The van der Waals surface area contributed by atoms with Gasteiger partial charge in [-0.25, -0.2) is 14.8 Å². The summed E-state index contributed by atoms with van der Waals surface area (Å²) in [5, 5.41) is 2.79. The van der Waals surface area contributed by atoms with E-state index < -0.39 is 11.7 Å². The zero-order valence-electron chi connectivity index (χ0n) is 20.8. The molecule has 0 bridgehead atoms. The van der Waals surface area contributed by atoms with Crippen molar-refractivity contribution in [2.45, 2.75) is 45.1 Å². The van der Waals surface area contributed by atoms with Gasteiger partial charge in [0.25, 0.3) is 0 Å². The Balaban J connectivity index is 1.57. The molecule has 1 saturated heterocycles. The standard InChI is InChI=1S/C28H31N5O3/c1-28(2,3)36-27(34)31-20-7-9-21(10-8-20)33-24-17-19(18-12-15-35-16-13-18)6-11-23(24)32-26(33)22-5-4-14-30-25(22)29/h4-11,14,17-18H,12-13,15-16H2,1-3H3,(H2,29,30)(H,31,34). The Labute approximate surface area is 210 Å². The van der Waals surface area contributed by atoms with Gasteiger partial charge in [0.1, 0.15) is 17.2 Å². The second kappa shape index (κ2) is 9.62. The number of carbonyl (C=O) groups excluding carboxylic acids is 1. The van der Waals surface area contributed by atoms with Crippen molar-refractivity contribution in [3.8, 4) is 17.1 Å². The molecule has 0 atom stereocenters. The minimum absolute atomic E-state index is 0.418. The molecule has 36 heavy (non-hydrogen) atoms. The number of pyridine rings is 1. The monoisotopic (exact) mass is 485 g/mol. The lowest BCUT2D eigenvalue weighted by Crippen LogP contribution is -2.27. The molecular formula is C28H31N5O3. The van der Waals surface area contributed by atoms with Crippen molar-refractivity contribution in [1.29, 1.82) is 0 Å². The first-order chi connectivity index (χ1) is 17.3. The molecule has 3 N–H and O–H groups in total. The molecule has 2 aromatic heterocycles. The number of imidazole rings is 1. The van der Waals surface area contributed by atoms with Crippen LogP contribution in [-0.4, -0.2) is 39.4 Å². The number of rotatable bonds is 4. The van der Waals surface area contributed by atoms with Gasteiger partial charge in [-0.2, -0.15) is 0 Å². The highest BCUT2D eigenvalue weighted by Crippen LogP contribution is 2.34. The summed E-state index contributed by atoms with van der Waals surface area (Å²) >= 11 is 0. The lowest BCUT2D eigenvalue weighted by atomic mass is 9.91. The van der Waals surface area contributed by atoms with Crippen LogP contribution >= 0.6 is 0 Å². The molecule has 0 radical (unpaired) electrons. The molecule has 5 rings (SSSR count). The number of nitrogens with two attached hydrogens (primary N) is 1. The molecule has 186 valence electrons. The average molecular weight is 486 g/mol. The molecule has 1 aliphatic heterocycles. The van der Waals surface area contributed by atoms with Crippen LogP contribution in [0.25, 0.3) is 28.1 Å². The number of fused-ring (bicyclic) bond motifs is 1. The maximum atomic E-state index is 12.2. The second-order valence-electron chi connectivity index (χ2n) is 10.0. The van der Waals surface area contributed by atoms with Gasteiger partial charge in [0.05, 0.1) is 16.6 Å². The van der Waals surface area contributed by atoms with Crippen LogP contribution in [0.5, 0.6) is 0 Å². The predicted molar refractivity (Wildman–Crippen MR) is 141 cm³/mol. The largest absolute Gasteiger partial charge is 0.444 e. The lowest BCUT2D eigenvalue weighted by molar-refractivity contribution is 0.0636. The number of anilines is 2. The Morgan fingerprint density at radius 1 is 1.11 bits per heavy atom. The van der Waals surface area contributed by atoms with Gasteiger partial charge in [0, 0.05) is 30.8 Å². The number of benzene rings is 2. The highest BCUT2D eigenvalue weighted by Gasteiger charge is 2.21. The van der Waals surface area contributed by atoms with Crippen molar-refractivity contribution >= 4 is 28.6 Å². The van der Waals surface area contributed by atoms with Crippen molar-refractivity contribution in [2.24, 2.45) is 0 Å². The Hall–Kier alpha value is -3.91. The second-order valence-corrected chi connectivity index (χ2v) is 10.0. The first kappa shape index (κ1) is 23.8. The summed E-state index contributed by atoms with van der Waals surface area (Å²) < 4.78 is 13.0. The summed E-state index contributed by atoms with van der Waals surface area (Å²) in [6, 6.07) is 17.9. The van der Waals surface area contributed by atoms with E-state index in [2.05, 4.69) is 33.1 Å². The van der Waals surface area contributed by atoms with E-state index in [4.69, 9.17) is 20.2 Å². The number of nitrogens with zero attached hydrogens (tertiary/aromatic N) is 3. The van der Waals surface area contributed by atoms with Crippen LogP contribution in [0.15, 0.2) is 60.8 Å². The zero-order chi connectivity index (χ0) is 25.3.